The van der Waals surface area contributed by atoms with Crippen LogP contribution in [0.3, 0.4) is 0 Å². The third kappa shape index (κ3) is 4.63. The van der Waals surface area contributed by atoms with Gasteiger partial charge >= 0.3 is 6.18 Å². The van der Waals surface area contributed by atoms with E-state index in [1.54, 1.807) is 12.1 Å². The van der Waals surface area contributed by atoms with E-state index < -0.39 is 17.6 Å². The van der Waals surface area contributed by atoms with Crippen LogP contribution in [-0.2, 0) is 11.0 Å². The molecule has 5 heteroatoms. The van der Waals surface area contributed by atoms with Crippen molar-refractivity contribution in [1.29, 1.82) is 0 Å². The lowest BCUT2D eigenvalue weighted by atomic mass is 9.89. The normalized spacial score (nSPS) is 23.7. The van der Waals surface area contributed by atoms with Crippen LogP contribution in [-0.4, -0.2) is 5.91 Å². The van der Waals surface area contributed by atoms with Crippen molar-refractivity contribution in [2.45, 2.75) is 46.7 Å². The minimum Gasteiger partial charge on any atom is -0.366 e. The highest BCUT2D eigenvalue weighted by molar-refractivity contribution is 5.92. The van der Waals surface area contributed by atoms with Crippen LogP contribution in [0.15, 0.2) is 48.1 Å². The fourth-order valence-corrected chi connectivity index (χ4v) is 3.68. The molecule has 1 aliphatic carbocycles. The number of nitrogens with two attached hydrogens (primary N) is 1. The van der Waals surface area contributed by atoms with Crippen molar-refractivity contribution in [3.05, 3.63) is 59.2 Å². The summed E-state index contributed by atoms with van der Waals surface area (Å²) in [5.41, 5.74) is 6.00. The molecule has 0 heterocycles. The van der Waals surface area contributed by atoms with E-state index in [2.05, 4.69) is 0 Å². The quantitative estimate of drug-likeness (QED) is 0.500. The molecule has 1 aromatic carbocycles. The van der Waals surface area contributed by atoms with Gasteiger partial charge in [0.05, 0.1) is 5.56 Å². The fourth-order valence-electron chi connectivity index (χ4n) is 3.68. The first-order valence-corrected chi connectivity index (χ1v) is 9.22. The highest BCUT2D eigenvalue weighted by Crippen LogP contribution is 2.65. The minimum atomic E-state index is -4.34. The number of primary amides is 1. The summed E-state index contributed by atoms with van der Waals surface area (Å²) < 4.78 is 39.0. The van der Waals surface area contributed by atoms with Gasteiger partial charge in [-0.3, -0.25) is 4.79 Å². The lowest BCUT2D eigenvalue weighted by molar-refractivity contribution is -0.137. The molecule has 0 bridgehead atoms. The summed E-state index contributed by atoms with van der Waals surface area (Å²) in [6, 6.07) is 5.55. The van der Waals surface area contributed by atoms with Crippen LogP contribution in [0.1, 0.15) is 51.7 Å². The van der Waals surface area contributed by atoms with Gasteiger partial charge in [-0.2, -0.15) is 13.2 Å². The largest absolute Gasteiger partial charge is 0.416 e. The standard InChI is InChI=1S/C22H28F3NO/c1-13(2)14(3)17(20(26)27)10-7-11-18-19(21(18,4)5)15-8-6-9-16(12-15)22(23,24)25/h6-14,18-19H,1-5H3,(H2,26,27)/b11-7+,17-10+. The van der Waals surface area contributed by atoms with Crippen molar-refractivity contribution in [2.75, 3.05) is 0 Å². The predicted octanol–water partition coefficient (Wildman–Crippen LogP) is 5.71. The van der Waals surface area contributed by atoms with E-state index in [9.17, 15) is 18.0 Å². The third-order valence-electron chi connectivity index (χ3n) is 5.85. The molecule has 3 unspecified atom stereocenters. The molecule has 1 aliphatic rings. The van der Waals surface area contributed by atoms with E-state index in [1.807, 2.05) is 46.8 Å². The van der Waals surface area contributed by atoms with Crippen LogP contribution < -0.4 is 5.73 Å². The first-order valence-electron chi connectivity index (χ1n) is 9.22. The van der Waals surface area contributed by atoms with Gasteiger partial charge in [0.2, 0.25) is 5.91 Å². The van der Waals surface area contributed by atoms with Gasteiger partial charge in [-0.05, 0) is 40.7 Å². The van der Waals surface area contributed by atoms with Gasteiger partial charge in [0.25, 0.3) is 0 Å². The first-order chi connectivity index (χ1) is 12.4. The van der Waals surface area contributed by atoms with Gasteiger partial charge < -0.3 is 5.73 Å². The van der Waals surface area contributed by atoms with Crippen molar-refractivity contribution in [1.82, 2.24) is 0 Å². The maximum Gasteiger partial charge on any atom is 0.416 e. The number of allylic oxidation sites excluding steroid dienone is 3. The zero-order valence-corrected chi connectivity index (χ0v) is 16.5. The van der Waals surface area contributed by atoms with Crippen LogP contribution >= 0.6 is 0 Å². The van der Waals surface area contributed by atoms with Crippen molar-refractivity contribution in [3.63, 3.8) is 0 Å². The number of halogens is 3. The topological polar surface area (TPSA) is 43.1 Å². The molecule has 148 valence electrons. The summed E-state index contributed by atoms with van der Waals surface area (Å²) >= 11 is 0. The van der Waals surface area contributed by atoms with Gasteiger partial charge in [-0.1, -0.05) is 71.0 Å². The summed E-state index contributed by atoms with van der Waals surface area (Å²) in [5, 5.41) is 0. The second-order valence-electron chi connectivity index (χ2n) is 8.35. The summed E-state index contributed by atoms with van der Waals surface area (Å²) in [6.07, 6.45) is 1.19. The van der Waals surface area contributed by atoms with Crippen molar-refractivity contribution < 1.29 is 18.0 Å². The second-order valence-corrected chi connectivity index (χ2v) is 8.35. The average molecular weight is 379 g/mol. The number of carbonyl (C=O) groups excluding carboxylic acids is 1. The van der Waals surface area contributed by atoms with E-state index >= 15 is 0 Å². The monoisotopic (exact) mass is 379 g/mol. The molecule has 0 aliphatic heterocycles. The molecular weight excluding hydrogens is 351 g/mol. The Hall–Kier alpha value is -2.04. The van der Waals surface area contributed by atoms with E-state index in [-0.39, 0.29) is 29.1 Å². The fraction of sp³-hybridized carbons (Fsp3) is 0.500. The summed E-state index contributed by atoms with van der Waals surface area (Å²) in [7, 11) is 0. The van der Waals surface area contributed by atoms with Crippen LogP contribution in [0.4, 0.5) is 13.2 Å². The van der Waals surface area contributed by atoms with E-state index in [0.29, 0.717) is 11.1 Å². The van der Waals surface area contributed by atoms with Gasteiger partial charge in [-0.25, -0.2) is 0 Å². The van der Waals surface area contributed by atoms with Crippen LogP contribution in [0, 0.1) is 23.2 Å². The molecule has 0 aromatic heterocycles. The van der Waals surface area contributed by atoms with Crippen LogP contribution in [0.2, 0.25) is 0 Å². The Morgan fingerprint density at radius 1 is 1.22 bits per heavy atom. The maximum absolute atomic E-state index is 13.0. The second kappa shape index (κ2) is 7.53. The molecule has 1 amide bonds. The Morgan fingerprint density at radius 2 is 1.85 bits per heavy atom. The van der Waals surface area contributed by atoms with Crippen LogP contribution in [0.5, 0.6) is 0 Å². The Bertz CT molecular complexity index is 759. The zero-order chi connectivity index (χ0) is 20.6. The summed E-state index contributed by atoms with van der Waals surface area (Å²) in [5.74, 6) is 0.0149. The number of hydrogen-bond donors (Lipinski definition) is 1. The first kappa shape index (κ1) is 21.3. The summed E-state index contributed by atoms with van der Waals surface area (Å²) in [6.45, 7) is 10.1. The van der Waals surface area contributed by atoms with E-state index in [4.69, 9.17) is 5.73 Å². The molecule has 3 atom stereocenters. The number of alkyl halides is 3. The molecular formula is C22H28F3NO. The lowest BCUT2D eigenvalue weighted by Crippen LogP contribution is -2.21. The van der Waals surface area contributed by atoms with Gasteiger partial charge in [0.1, 0.15) is 0 Å². The molecule has 1 fully saturated rings. The Kier molecular flexibility index (Phi) is 5.93. The molecule has 1 saturated carbocycles. The Balaban J connectivity index is 2.22. The molecule has 0 radical (unpaired) electrons. The number of rotatable bonds is 6. The average Bonchev–Trinajstić information content (AvgIpc) is 3.10. The maximum atomic E-state index is 13.0. The molecule has 2 N–H and O–H groups in total. The minimum absolute atomic E-state index is 0.0176. The van der Waals surface area contributed by atoms with Crippen molar-refractivity contribution in [3.8, 4) is 0 Å². The molecule has 1 aromatic rings. The number of hydrogen-bond acceptors (Lipinski definition) is 1. The molecule has 0 spiro atoms. The number of benzene rings is 1. The number of carbonyl (C=O) groups is 1. The van der Waals surface area contributed by atoms with Gasteiger partial charge in [0.15, 0.2) is 0 Å². The smallest absolute Gasteiger partial charge is 0.366 e. The SMILES string of the molecule is CC(C)C(C)/C(=C\C=C\C1C(c2cccc(C(F)(F)F)c2)C1(C)C)C(N)=O. The Morgan fingerprint density at radius 3 is 2.37 bits per heavy atom. The Labute approximate surface area is 159 Å². The highest BCUT2D eigenvalue weighted by atomic mass is 19.4. The van der Waals surface area contributed by atoms with Gasteiger partial charge in [-0.15, -0.1) is 0 Å². The van der Waals surface area contributed by atoms with E-state index in [0.717, 1.165) is 6.07 Å². The third-order valence-corrected chi connectivity index (χ3v) is 5.85. The zero-order valence-electron chi connectivity index (χ0n) is 16.5. The van der Waals surface area contributed by atoms with Gasteiger partial charge in [0, 0.05) is 5.57 Å². The van der Waals surface area contributed by atoms with Crippen LogP contribution in [0.25, 0.3) is 0 Å². The van der Waals surface area contributed by atoms with E-state index in [1.165, 1.54) is 12.1 Å². The molecule has 2 rings (SSSR count). The molecule has 2 nitrogen and oxygen atoms in total. The summed E-state index contributed by atoms with van der Waals surface area (Å²) in [4.78, 5) is 11.7. The van der Waals surface area contributed by atoms with Crippen molar-refractivity contribution >= 4 is 5.91 Å². The predicted molar refractivity (Wildman–Crippen MR) is 102 cm³/mol. The number of amides is 1. The molecule has 27 heavy (non-hydrogen) atoms. The highest BCUT2D eigenvalue weighted by Gasteiger charge is 2.56. The molecule has 0 saturated heterocycles. The van der Waals surface area contributed by atoms with Crippen molar-refractivity contribution in [2.24, 2.45) is 28.9 Å². The lowest BCUT2D eigenvalue weighted by Gasteiger charge is -2.16.